The Morgan fingerprint density at radius 1 is 1.15 bits per heavy atom. The molecular formula is C17H29NOSi. The maximum absolute atomic E-state index is 6.34. The highest BCUT2D eigenvalue weighted by Gasteiger charge is 2.38. The molecule has 0 bridgehead atoms. The number of rotatable bonds is 4. The largest absolute Gasteiger partial charge is 0.415 e. The summed E-state index contributed by atoms with van der Waals surface area (Å²) in [5.41, 5.74) is 1.40. The van der Waals surface area contributed by atoms with Crippen molar-refractivity contribution in [3.63, 3.8) is 0 Å². The molecule has 1 heterocycles. The summed E-state index contributed by atoms with van der Waals surface area (Å²) in [5.74, 6) is 0. The average Bonchev–Trinajstić information content (AvgIpc) is 2.85. The van der Waals surface area contributed by atoms with Crippen LogP contribution in [-0.4, -0.2) is 21.0 Å². The van der Waals surface area contributed by atoms with Gasteiger partial charge in [0.1, 0.15) is 0 Å². The molecule has 0 unspecified atom stereocenters. The third-order valence-electron chi connectivity index (χ3n) is 4.89. The van der Waals surface area contributed by atoms with Crippen LogP contribution >= 0.6 is 0 Å². The molecule has 1 aromatic rings. The third-order valence-corrected chi connectivity index (χ3v) is 9.39. The summed E-state index contributed by atoms with van der Waals surface area (Å²) in [5, 5.41) is 4.02. The lowest BCUT2D eigenvalue weighted by atomic mass is 10.1. The summed E-state index contributed by atoms with van der Waals surface area (Å²) in [7, 11) is -1.61. The number of hydrogen-bond donors (Lipinski definition) is 1. The van der Waals surface area contributed by atoms with E-state index in [0.29, 0.717) is 17.1 Å². The molecule has 0 radical (unpaired) electrons. The van der Waals surface area contributed by atoms with Crippen molar-refractivity contribution in [1.82, 2.24) is 5.32 Å². The monoisotopic (exact) mass is 291 g/mol. The summed E-state index contributed by atoms with van der Waals surface area (Å²) in [6.45, 7) is 12.4. The van der Waals surface area contributed by atoms with E-state index in [-0.39, 0.29) is 0 Å². The van der Waals surface area contributed by atoms with Crippen LogP contribution in [0.2, 0.25) is 18.1 Å². The Morgan fingerprint density at radius 3 is 2.40 bits per heavy atom. The van der Waals surface area contributed by atoms with E-state index in [1.165, 1.54) is 18.4 Å². The van der Waals surface area contributed by atoms with E-state index in [2.05, 4.69) is 69.5 Å². The first kappa shape index (κ1) is 15.7. The van der Waals surface area contributed by atoms with Gasteiger partial charge >= 0.3 is 0 Å². The molecule has 0 saturated carbocycles. The van der Waals surface area contributed by atoms with Crippen molar-refractivity contribution in [2.24, 2.45) is 0 Å². The molecule has 0 aromatic heterocycles. The van der Waals surface area contributed by atoms with Crippen LogP contribution < -0.4 is 5.32 Å². The lowest BCUT2D eigenvalue weighted by Crippen LogP contribution is -2.44. The predicted molar refractivity (Wildman–Crippen MR) is 88.5 cm³/mol. The lowest BCUT2D eigenvalue weighted by molar-refractivity contribution is 0.250. The second-order valence-electron chi connectivity index (χ2n) is 7.48. The van der Waals surface area contributed by atoms with E-state index in [4.69, 9.17) is 4.43 Å². The number of hydrogen-bond acceptors (Lipinski definition) is 2. The maximum Gasteiger partial charge on any atom is 0.192 e. The maximum atomic E-state index is 6.34. The predicted octanol–water partition coefficient (Wildman–Crippen LogP) is 4.50. The Bertz CT molecular complexity index is 424. The summed E-state index contributed by atoms with van der Waals surface area (Å²) in [6, 6.07) is 11.8. The molecular weight excluding hydrogens is 262 g/mol. The van der Waals surface area contributed by atoms with Crippen LogP contribution in [0.1, 0.15) is 45.2 Å². The fourth-order valence-electron chi connectivity index (χ4n) is 2.42. The first-order valence-electron chi connectivity index (χ1n) is 7.74. The van der Waals surface area contributed by atoms with Crippen molar-refractivity contribution in [3.05, 3.63) is 35.9 Å². The molecule has 2 atom stereocenters. The summed E-state index contributed by atoms with van der Waals surface area (Å²) < 4.78 is 6.34. The summed E-state index contributed by atoms with van der Waals surface area (Å²) in [4.78, 5) is 0. The first-order chi connectivity index (χ1) is 9.29. The van der Waals surface area contributed by atoms with Gasteiger partial charge in [-0.2, -0.15) is 0 Å². The molecule has 1 aromatic carbocycles. The van der Waals surface area contributed by atoms with Crippen LogP contribution in [0.15, 0.2) is 30.3 Å². The Kier molecular flexibility index (Phi) is 4.72. The highest BCUT2D eigenvalue weighted by Crippen LogP contribution is 2.37. The minimum absolute atomic E-state index is 0.296. The number of nitrogens with one attached hydrogen (secondary N) is 1. The molecule has 1 aliphatic heterocycles. The van der Waals surface area contributed by atoms with Crippen molar-refractivity contribution >= 4 is 8.32 Å². The highest BCUT2D eigenvalue weighted by molar-refractivity contribution is 6.74. The van der Waals surface area contributed by atoms with Crippen LogP contribution in [-0.2, 0) is 4.43 Å². The van der Waals surface area contributed by atoms with Gasteiger partial charge in [-0.05, 0) is 36.5 Å². The molecule has 0 spiro atoms. The van der Waals surface area contributed by atoms with Gasteiger partial charge < -0.3 is 9.74 Å². The van der Waals surface area contributed by atoms with Gasteiger partial charge in [0, 0.05) is 18.7 Å². The number of benzene rings is 1. The zero-order valence-electron chi connectivity index (χ0n) is 13.6. The van der Waals surface area contributed by atoms with E-state index in [1.54, 1.807) is 0 Å². The Balaban J connectivity index is 1.86. The van der Waals surface area contributed by atoms with E-state index in [9.17, 15) is 0 Å². The van der Waals surface area contributed by atoms with Gasteiger partial charge in [-0.3, -0.25) is 0 Å². The zero-order valence-corrected chi connectivity index (χ0v) is 14.6. The molecule has 0 aliphatic carbocycles. The lowest BCUT2D eigenvalue weighted by Gasteiger charge is -2.37. The Morgan fingerprint density at radius 2 is 1.80 bits per heavy atom. The average molecular weight is 292 g/mol. The standard InChI is InChI=1S/C17H29NOSi/c1-17(2,3)20(4,5)19-13-15-11-12-16(18-15)14-9-7-6-8-10-14/h6-10,15-16,18H,11-13H2,1-5H3/t15-,16+/m0/s1. The van der Waals surface area contributed by atoms with Gasteiger partial charge in [-0.1, -0.05) is 51.1 Å². The van der Waals surface area contributed by atoms with E-state index in [0.717, 1.165) is 6.61 Å². The molecule has 1 N–H and O–H groups in total. The van der Waals surface area contributed by atoms with Crippen LogP contribution in [0, 0.1) is 0 Å². The van der Waals surface area contributed by atoms with Gasteiger partial charge in [-0.25, -0.2) is 0 Å². The minimum Gasteiger partial charge on any atom is -0.415 e. The Hall–Kier alpha value is -0.643. The molecule has 2 rings (SSSR count). The molecule has 1 fully saturated rings. The second kappa shape index (κ2) is 6.00. The first-order valence-corrected chi connectivity index (χ1v) is 10.7. The van der Waals surface area contributed by atoms with Crippen molar-refractivity contribution in [2.45, 2.75) is 63.8 Å². The van der Waals surface area contributed by atoms with Crippen LogP contribution in [0.3, 0.4) is 0 Å². The molecule has 112 valence electrons. The van der Waals surface area contributed by atoms with Crippen LogP contribution in [0.25, 0.3) is 0 Å². The van der Waals surface area contributed by atoms with E-state index >= 15 is 0 Å². The van der Waals surface area contributed by atoms with Crippen molar-refractivity contribution < 1.29 is 4.43 Å². The smallest absolute Gasteiger partial charge is 0.192 e. The fraction of sp³-hybridized carbons (Fsp3) is 0.647. The Labute approximate surface area is 125 Å². The molecule has 20 heavy (non-hydrogen) atoms. The molecule has 3 heteroatoms. The van der Waals surface area contributed by atoms with Crippen molar-refractivity contribution in [3.8, 4) is 0 Å². The van der Waals surface area contributed by atoms with Crippen molar-refractivity contribution in [1.29, 1.82) is 0 Å². The van der Waals surface area contributed by atoms with Crippen molar-refractivity contribution in [2.75, 3.05) is 6.61 Å². The quantitative estimate of drug-likeness (QED) is 0.825. The summed E-state index contributed by atoms with van der Waals surface area (Å²) >= 11 is 0. The van der Waals surface area contributed by atoms with Crippen LogP contribution in [0.5, 0.6) is 0 Å². The van der Waals surface area contributed by atoms with Gasteiger partial charge in [0.2, 0.25) is 0 Å². The third kappa shape index (κ3) is 3.71. The van der Waals surface area contributed by atoms with Gasteiger partial charge in [0.25, 0.3) is 0 Å². The minimum atomic E-state index is -1.61. The second-order valence-corrected chi connectivity index (χ2v) is 12.3. The molecule has 0 amide bonds. The molecule has 2 nitrogen and oxygen atoms in total. The summed E-state index contributed by atoms with van der Waals surface area (Å²) in [6.07, 6.45) is 2.43. The fourth-order valence-corrected chi connectivity index (χ4v) is 3.48. The van der Waals surface area contributed by atoms with Crippen LogP contribution in [0.4, 0.5) is 0 Å². The van der Waals surface area contributed by atoms with Gasteiger partial charge in [0.05, 0.1) is 0 Å². The SMILES string of the molecule is CC(C)(C)[Si](C)(C)OC[C@@H]1CC[C@H](c2ccccc2)N1. The zero-order chi connectivity index (χ0) is 14.8. The van der Waals surface area contributed by atoms with E-state index < -0.39 is 8.32 Å². The highest BCUT2D eigenvalue weighted by atomic mass is 28.4. The topological polar surface area (TPSA) is 21.3 Å². The molecule has 1 saturated heterocycles. The molecule has 1 aliphatic rings. The van der Waals surface area contributed by atoms with Gasteiger partial charge in [0.15, 0.2) is 8.32 Å². The van der Waals surface area contributed by atoms with E-state index in [1.807, 2.05) is 0 Å². The van der Waals surface area contributed by atoms with Gasteiger partial charge in [-0.15, -0.1) is 0 Å². The normalized spacial score (nSPS) is 24.1.